The third-order valence-electron chi connectivity index (χ3n) is 3.28. The molecular formula is C14H20BrCl. The van der Waals surface area contributed by atoms with Crippen molar-refractivity contribution >= 4 is 27.5 Å². The van der Waals surface area contributed by atoms with Gasteiger partial charge in [0.05, 0.1) is 0 Å². The Balaban J connectivity index is 2.74. The van der Waals surface area contributed by atoms with Gasteiger partial charge in [0.2, 0.25) is 0 Å². The van der Waals surface area contributed by atoms with Crippen LogP contribution in [-0.4, -0.2) is 5.33 Å². The Kier molecular flexibility index (Phi) is 6.45. The van der Waals surface area contributed by atoms with Crippen LogP contribution in [0.2, 0.25) is 5.02 Å². The van der Waals surface area contributed by atoms with Crippen LogP contribution in [0.15, 0.2) is 24.3 Å². The summed E-state index contributed by atoms with van der Waals surface area (Å²) in [7, 11) is 0. The summed E-state index contributed by atoms with van der Waals surface area (Å²) in [6, 6.07) is 8.25. The summed E-state index contributed by atoms with van der Waals surface area (Å²) < 4.78 is 0. The van der Waals surface area contributed by atoms with Crippen molar-refractivity contribution in [2.75, 3.05) is 5.33 Å². The lowest BCUT2D eigenvalue weighted by atomic mass is 9.87. The fourth-order valence-corrected chi connectivity index (χ4v) is 2.91. The Morgan fingerprint density at radius 2 is 1.94 bits per heavy atom. The zero-order valence-corrected chi connectivity index (χ0v) is 12.4. The van der Waals surface area contributed by atoms with Crippen LogP contribution in [-0.2, 0) is 0 Å². The van der Waals surface area contributed by atoms with Crippen LogP contribution in [0.5, 0.6) is 0 Å². The smallest absolute Gasteiger partial charge is 0.0408 e. The average Bonchev–Trinajstić information content (AvgIpc) is 2.31. The van der Waals surface area contributed by atoms with E-state index in [0.717, 1.165) is 16.3 Å². The highest BCUT2D eigenvalue weighted by Gasteiger charge is 2.15. The van der Waals surface area contributed by atoms with Crippen LogP contribution in [0.4, 0.5) is 0 Å². The molecule has 2 heteroatoms. The Morgan fingerprint density at radius 1 is 1.25 bits per heavy atom. The lowest BCUT2D eigenvalue weighted by Crippen LogP contribution is -2.07. The molecule has 0 aromatic heterocycles. The quantitative estimate of drug-likeness (QED) is 0.596. The first-order valence-corrected chi connectivity index (χ1v) is 7.52. The molecule has 0 radical (unpaired) electrons. The summed E-state index contributed by atoms with van der Waals surface area (Å²) in [6.45, 7) is 4.55. The fraction of sp³-hybridized carbons (Fsp3) is 0.571. The topological polar surface area (TPSA) is 0 Å². The molecule has 90 valence electrons. The molecule has 0 nitrogen and oxygen atoms in total. The van der Waals surface area contributed by atoms with Crippen molar-refractivity contribution in [1.29, 1.82) is 0 Å². The number of benzene rings is 1. The van der Waals surface area contributed by atoms with Crippen LogP contribution < -0.4 is 0 Å². The van der Waals surface area contributed by atoms with Gasteiger partial charge in [-0.15, -0.1) is 0 Å². The normalized spacial score (nSPS) is 13.1. The maximum atomic E-state index is 6.03. The van der Waals surface area contributed by atoms with E-state index in [1.807, 2.05) is 12.1 Å². The van der Waals surface area contributed by atoms with E-state index >= 15 is 0 Å². The molecule has 1 aromatic carbocycles. The van der Waals surface area contributed by atoms with Gasteiger partial charge in [0.1, 0.15) is 0 Å². The van der Waals surface area contributed by atoms with Crippen molar-refractivity contribution in [3.63, 3.8) is 0 Å². The standard InChI is InChI=1S/C14H20BrCl/c1-3-11(4-2)8-13(10-15)12-6-5-7-14(16)9-12/h5-7,9,11,13H,3-4,8,10H2,1-2H3. The minimum Gasteiger partial charge on any atom is -0.0921 e. The largest absolute Gasteiger partial charge is 0.0921 e. The van der Waals surface area contributed by atoms with E-state index in [-0.39, 0.29) is 0 Å². The molecule has 0 aliphatic rings. The first-order chi connectivity index (χ1) is 7.71. The van der Waals surface area contributed by atoms with Crippen LogP contribution in [0.1, 0.15) is 44.6 Å². The molecule has 0 N–H and O–H groups in total. The maximum Gasteiger partial charge on any atom is 0.0408 e. The number of alkyl halides is 1. The van der Waals surface area contributed by atoms with Crippen molar-refractivity contribution in [2.24, 2.45) is 5.92 Å². The molecule has 1 aromatic rings. The molecule has 0 aliphatic heterocycles. The molecule has 0 bridgehead atoms. The molecule has 0 amide bonds. The Hall–Kier alpha value is -0.0100. The van der Waals surface area contributed by atoms with Gasteiger partial charge in [0, 0.05) is 10.4 Å². The lowest BCUT2D eigenvalue weighted by Gasteiger charge is -2.20. The summed E-state index contributed by atoms with van der Waals surface area (Å²) in [5.41, 5.74) is 1.36. The van der Waals surface area contributed by atoms with Gasteiger partial charge in [-0.3, -0.25) is 0 Å². The Bertz CT molecular complexity index is 307. The second kappa shape index (κ2) is 7.34. The summed E-state index contributed by atoms with van der Waals surface area (Å²) in [4.78, 5) is 0. The molecule has 1 atom stereocenters. The van der Waals surface area contributed by atoms with Crippen molar-refractivity contribution in [1.82, 2.24) is 0 Å². The van der Waals surface area contributed by atoms with Crippen LogP contribution in [0.3, 0.4) is 0 Å². The Labute approximate surface area is 113 Å². The molecule has 0 saturated heterocycles. The molecule has 1 unspecified atom stereocenters. The third-order valence-corrected chi connectivity index (χ3v) is 4.30. The monoisotopic (exact) mass is 302 g/mol. The lowest BCUT2D eigenvalue weighted by molar-refractivity contribution is 0.425. The van der Waals surface area contributed by atoms with Gasteiger partial charge in [0.15, 0.2) is 0 Å². The van der Waals surface area contributed by atoms with E-state index in [1.165, 1.54) is 24.8 Å². The first-order valence-electron chi connectivity index (χ1n) is 6.02. The summed E-state index contributed by atoms with van der Waals surface area (Å²) >= 11 is 9.66. The predicted molar refractivity (Wildman–Crippen MR) is 76.7 cm³/mol. The van der Waals surface area contributed by atoms with E-state index in [0.29, 0.717) is 5.92 Å². The maximum absolute atomic E-state index is 6.03. The number of halogens is 2. The van der Waals surface area contributed by atoms with Gasteiger partial charge in [-0.05, 0) is 36.0 Å². The SMILES string of the molecule is CCC(CC)CC(CBr)c1cccc(Cl)c1. The fourth-order valence-electron chi connectivity index (χ4n) is 2.07. The van der Waals surface area contributed by atoms with Gasteiger partial charge in [-0.2, -0.15) is 0 Å². The van der Waals surface area contributed by atoms with Crippen LogP contribution in [0.25, 0.3) is 0 Å². The molecular weight excluding hydrogens is 284 g/mol. The summed E-state index contributed by atoms with van der Waals surface area (Å²) in [5, 5.41) is 1.86. The van der Waals surface area contributed by atoms with Crippen molar-refractivity contribution < 1.29 is 0 Å². The predicted octanol–water partition coefficient (Wildman–Crippen LogP) is 5.64. The van der Waals surface area contributed by atoms with Gasteiger partial charge in [-0.25, -0.2) is 0 Å². The van der Waals surface area contributed by atoms with E-state index in [9.17, 15) is 0 Å². The third kappa shape index (κ3) is 4.10. The van der Waals surface area contributed by atoms with Crippen molar-refractivity contribution in [3.05, 3.63) is 34.9 Å². The second-order valence-corrected chi connectivity index (χ2v) is 5.41. The van der Waals surface area contributed by atoms with Crippen LogP contribution in [0, 0.1) is 5.92 Å². The Morgan fingerprint density at radius 3 is 2.44 bits per heavy atom. The summed E-state index contributed by atoms with van der Waals surface area (Å²) in [6.07, 6.45) is 3.78. The molecule has 0 heterocycles. The minimum atomic E-state index is 0.587. The van der Waals surface area contributed by atoms with E-state index < -0.39 is 0 Å². The number of hydrogen-bond acceptors (Lipinski definition) is 0. The molecule has 0 spiro atoms. The van der Waals surface area contributed by atoms with E-state index in [2.05, 4.69) is 41.9 Å². The van der Waals surface area contributed by atoms with Gasteiger partial charge < -0.3 is 0 Å². The molecule has 0 fully saturated rings. The minimum absolute atomic E-state index is 0.587. The van der Waals surface area contributed by atoms with E-state index in [4.69, 9.17) is 11.6 Å². The van der Waals surface area contributed by atoms with Gasteiger partial charge in [0.25, 0.3) is 0 Å². The zero-order valence-electron chi connectivity index (χ0n) is 10.0. The van der Waals surface area contributed by atoms with Crippen LogP contribution >= 0.6 is 27.5 Å². The highest BCUT2D eigenvalue weighted by molar-refractivity contribution is 9.09. The summed E-state index contributed by atoms with van der Waals surface area (Å²) in [5.74, 6) is 1.41. The van der Waals surface area contributed by atoms with Crippen molar-refractivity contribution in [2.45, 2.75) is 39.0 Å². The number of hydrogen-bond donors (Lipinski definition) is 0. The average molecular weight is 304 g/mol. The second-order valence-electron chi connectivity index (χ2n) is 4.32. The molecule has 16 heavy (non-hydrogen) atoms. The molecule has 1 rings (SSSR count). The highest BCUT2D eigenvalue weighted by Crippen LogP contribution is 2.30. The molecule has 0 saturated carbocycles. The highest BCUT2D eigenvalue weighted by atomic mass is 79.9. The van der Waals surface area contributed by atoms with Gasteiger partial charge in [-0.1, -0.05) is 66.4 Å². The first kappa shape index (κ1) is 14.1. The number of rotatable bonds is 6. The van der Waals surface area contributed by atoms with Gasteiger partial charge >= 0.3 is 0 Å². The molecule has 0 aliphatic carbocycles. The zero-order chi connectivity index (χ0) is 12.0. The van der Waals surface area contributed by atoms with Crippen molar-refractivity contribution in [3.8, 4) is 0 Å². The van der Waals surface area contributed by atoms with E-state index in [1.54, 1.807) is 0 Å².